The lowest BCUT2D eigenvalue weighted by molar-refractivity contribution is -0.0194. The van der Waals surface area contributed by atoms with Crippen LogP contribution in [0.2, 0.25) is 0 Å². The molecule has 15 nitrogen and oxygen atoms in total. The number of hydrogen-bond acceptors (Lipinski definition) is 15. The first-order chi connectivity index (χ1) is 21.8. The summed E-state index contributed by atoms with van der Waals surface area (Å²) in [6.45, 7) is 14.6. The fourth-order valence-corrected chi connectivity index (χ4v) is 2.74. The molecule has 0 atom stereocenters. The molecule has 0 aliphatic carbocycles. The average molecular weight is 651 g/mol. The molecule has 44 heavy (non-hydrogen) atoms. The van der Waals surface area contributed by atoms with Crippen molar-refractivity contribution in [1.29, 1.82) is 0 Å². The molecule has 0 aliphatic rings. The molecule has 268 valence electrons. The van der Waals surface area contributed by atoms with Crippen molar-refractivity contribution in [3.8, 4) is 0 Å². The quantitative estimate of drug-likeness (QED) is 0.0734. The van der Waals surface area contributed by atoms with Gasteiger partial charge in [0.25, 0.3) is 0 Å². The highest BCUT2D eigenvalue weighted by atomic mass is 16.6. The second-order valence-electron chi connectivity index (χ2n) is 8.52. The van der Waals surface area contributed by atoms with Crippen molar-refractivity contribution < 1.29 is 72.2 Å². The van der Waals surface area contributed by atoms with Gasteiger partial charge in [-0.25, -0.2) is 0 Å². The van der Waals surface area contributed by atoms with Crippen molar-refractivity contribution in [1.82, 2.24) is 0 Å². The van der Waals surface area contributed by atoms with Crippen LogP contribution in [-0.2, 0) is 56.8 Å². The van der Waals surface area contributed by atoms with E-state index in [0.717, 1.165) is 13.0 Å². The smallest absolute Gasteiger partial charge is 0.0701 e. The molecule has 0 aromatic heterocycles. The van der Waals surface area contributed by atoms with Crippen molar-refractivity contribution in [2.45, 2.75) is 13.3 Å². The highest BCUT2D eigenvalue weighted by Crippen LogP contribution is 1.86. The molecule has 0 aromatic rings. The third-order valence-electron chi connectivity index (χ3n) is 4.78. The standard InChI is InChI=1S/C15H32O7.C14H30O8/c1-2-4-17-6-8-19-10-12-21-14-15-22-13-11-20-9-7-18-5-3-16;15-1-3-17-5-7-19-9-11-21-13-14-22-12-10-20-8-6-18-4-2-16/h16H,2-15H2,1H3;15-16H,1-14H2. The van der Waals surface area contributed by atoms with E-state index in [1.165, 1.54) is 0 Å². The molecule has 15 heteroatoms. The molecule has 0 aromatic carbocycles. The molecular weight excluding hydrogens is 588 g/mol. The van der Waals surface area contributed by atoms with Gasteiger partial charge in [0.2, 0.25) is 0 Å². The second-order valence-corrected chi connectivity index (χ2v) is 8.52. The summed E-state index contributed by atoms with van der Waals surface area (Å²) in [5.74, 6) is 0. The van der Waals surface area contributed by atoms with Gasteiger partial charge in [-0.2, -0.15) is 0 Å². The van der Waals surface area contributed by atoms with E-state index in [2.05, 4.69) is 6.92 Å². The SMILES string of the molecule is CCCOCCOCCOCCOCCOCCOCCO.OCCOCCOCCOCCOCCOCCOCCO. The van der Waals surface area contributed by atoms with Crippen LogP contribution in [0.4, 0.5) is 0 Å². The molecule has 0 saturated heterocycles. The van der Waals surface area contributed by atoms with Crippen LogP contribution < -0.4 is 0 Å². The lowest BCUT2D eigenvalue weighted by Gasteiger charge is -2.08. The van der Waals surface area contributed by atoms with Crippen LogP contribution in [0.5, 0.6) is 0 Å². The van der Waals surface area contributed by atoms with E-state index in [4.69, 9.17) is 72.2 Å². The van der Waals surface area contributed by atoms with Gasteiger partial charge in [-0.3, -0.25) is 0 Å². The molecule has 0 spiro atoms. The molecule has 0 rings (SSSR count). The fourth-order valence-electron chi connectivity index (χ4n) is 2.74. The van der Waals surface area contributed by atoms with Crippen molar-refractivity contribution in [2.75, 3.05) is 178 Å². The van der Waals surface area contributed by atoms with Gasteiger partial charge in [-0.15, -0.1) is 0 Å². The minimum Gasteiger partial charge on any atom is -0.394 e. The lowest BCUT2D eigenvalue weighted by Crippen LogP contribution is -2.14. The Morgan fingerprint density at radius 2 is 0.364 bits per heavy atom. The van der Waals surface area contributed by atoms with E-state index in [0.29, 0.717) is 152 Å². The van der Waals surface area contributed by atoms with E-state index in [-0.39, 0.29) is 19.8 Å². The first-order valence-corrected chi connectivity index (χ1v) is 15.6. The zero-order valence-electron chi connectivity index (χ0n) is 27.0. The maximum atomic E-state index is 8.49. The Labute approximate surface area is 264 Å². The maximum absolute atomic E-state index is 8.49. The van der Waals surface area contributed by atoms with Crippen LogP contribution >= 0.6 is 0 Å². The van der Waals surface area contributed by atoms with Gasteiger partial charge in [0.15, 0.2) is 0 Å². The Bertz CT molecular complexity index is 386. The van der Waals surface area contributed by atoms with E-state index in [1.807, 2.05) is 0 Å². The van der Waals surface area contributed by atoms with Gasteiger partial charge < -0.3 is 72.2 Å². The molecule has 0 heterocycles. The monoisotopic (exact) mass is 650 g/mol. The predicted molar refractivity (Wildman–Crippen MR) is 161 cm³/mol. The van der Waals surface area contributed by atoms with Crippen molar-refractivity contribution in [3.05, 3.63) is 0 Å². The predicted octanol–water partition coefficient (Wildman–Crippen LogP) is -0.441. The normalized spacial score (nSPS) is 11.2. The lowest BCUT2D eigenvalue weighted by atomic mass is 10.5. The number of ether oxygens (including phenoxy) is 12. The number of hydrogen-bond donors (Lipinski definition) is 3. The molecule has 0 saturated carbocycles. The van der Waals surface area contributed by atoms with Crippen LogP contribution in [0.25, 0.3) is 0 Å². The second kappa shape index (κ2) is 46.8. The Kier molecular flexibility index (Phi) is 48.4. The summed E-state index contributed by atoms with van der Waals surface area (Å²) < 4.78 is 62.9. The van der Waals surface area contributed by atoms with Gasteiger partial charge >= 0.3 is 0 Å². The third-order valence-corrected chi connectivity index (χ3v) is 4.78. The van der Waals surface area contributed by atoms with E-state index < -0.39 is 0 Å². The Morgan fingerprint density at radius 1 is 0.227 bits per heavy atom. The molecule has 0 fully saturated rings. The summed E-state index contributed by atoms with van der Waals surface area (Å²) in [5, 5.41) is 25.5. The van der Waals surface area contributed by atoms with Gasteiger partial charge in [0, 0.05) is 6.61 Å². The van der Waals surface area contributed by atoms with Gasteiger partial charge in [-0.1, -0.05) is 6.92 Å². The van der Waals surface area contributed by atoms with Crippen LogP contribution in [0.3, 0.4) is 0 Å². The zero-order chi connectivity index (χ0) is 32.3. The first-order valence-electron chi connectivity index (χ1n) is 15.6. The van der Waals surface area contributed by atoms with Crippen LogP contribution in [0.1, 0.15) is 13.3 Å². The summed E-state index contributed by atoms with van der Waals surface area (Å²) in [5.41, 5.74) is 0. The highest BCUT2D eigenvalue weighted by molar-refractivity contribution is 4.38. The van der Waals surface area contributed by atoms with Crippen LogP contribution in [-0.4, -0.2) is 194 Å². The summed E-state index contributed by atoms with van der Waals surface area (Å²) in [6, 6.07) is 0. The van der Waals surface area contributed by atoms with Gasteiger partial charge in [0.1, 0.15) is 0 Å². The Balaban J connectivity index is 0. The maximum Gasteiger partial charge on any atom is 0.0701 e. The topological polar surface area (TPSA) is 171 Å². The van der Waals surface area contributed by atoms with E-state index in [9.17, 15) is 0 Å². The van der Waals surface area contributed by atoms with Crippen molar-refractivity contribution in [2.24, 2.45) is 0 Å². The molecular formula is C29H62O15. The molecule has 0 bridgehead atoms. The molecule has 0 amide bonds. The van der Waals surface area contributed by atoms with Gasteiger partial charge in [0.05, 0.1) is 172 Å². The van der Waals surface area contributed by atoms with E-state index in [1.54, 1.807) is 0 Å². The van der Waals surface area contributed by atoms with Gasteiger partial charge in [-0.05, 0) is 6.42 Å². The largest absolute Gasteiger partial charge is 0.394 e. The molecule has 0 radical (unpaired) electrons. The zero-order valence-corrected chi connectivity index (χ0v) is 27.0. The first kappa shape index (κ1) is 45.5. The van der Waals surface area contributed by atoms with Crippen molar-refractivity contribution in [3.63, 3.8) is 0 Å². The third kappa shape index (κ3) is 48.3. The van der Waals surface area contributed by atoms with E-state index >= 15 is 0 Å². The number of rotatable bonds is 38. The molecule has 0 aliphatic heterocycles. The van der Waals surface area contributed by atoms with Crippen LogP contribution in [0.15, 0.2) is 0 Å². The summed E-state index contributed by atoms with van der Waals surface area (Å²) in [6.07, 6.45) is 1.03. The molecule has 3 N–H and O–H groups in total. The minimum atomic E-state index is 0.0334. The summed E-state index contributed by atoms with van der Waals surface area (Å²) >= 11 is 0. The number of aliphatic hydroxyl groups is 3. The minimum absolute atomic E-state index is 0.0334. The van der Waals surface area contributed by atoms with Crippen LogP contribution in [0, 0.1) is 0 Å². The average Bonchev–Trinajstić information content (AvgIpc) is 3.04. The fraction of sp³-hybridized carbons (Fsp3) is 1.00. The highest BCUT2D eigenvalue weighted by Gasteiger charge is 1.95. The summed E-state index contributed by atoms with van der Waals surface area (Å²) in [7, 11) is 0. The Morgan fingerprint density at radius 3 is 0.500 bits per heavy atom. The van der Waals surface area contributed by atoms with Crippen molar-refractivity contribution >= 4 is 0 Å². The molecule has 0 unspecified atom stereocenters. The summed E-state index contributed by atoms with van der Waals surface area (Å²) in [4.78, 5) is 0. The Hall–Kier alpha value is -0.600. The number of aliphatic hydroxyl groups excluding tert-OH is 3.